The molecule has 0 fully saturated rings. The van der Waals surface area contributed by atoms with Crippen LogP contribution in [-0.2, 0) is 11.2 Å². The fourth-order valence-electron chi connectivity index (χ4n) is 1.27. The van der Waals surface area contributed by atoms with Crippen LogP contribution in [0.1, 0.15) is 12.0 Å². The number of nitriles is 1. The predicted octanol–water partition coefficient (Wildman–Crippen LogP) is 1.89. The van der Waals surface area contributed by atoms with Crippen molar-refractivity contribution >= 4 is 18.5 Å². The van der Waals surface area contributed by atoms with E-state index in [0.717, 1.165) is 10.5 Å². The fraction of sp³-hybridized carbons (Fsp3) is 0.333. The molecule has 3 nitrogen and oxygen atoms in total. The highest BCUT2D eigenvalue weighted by Gasteiger charge is 2.08. The molecule has 0 heterocycles. The van der Waals surface area contributed by atoms with Gasteiger partial charge in [0.1, 0.15) is 0 Å². The summed E-state index contributed by atoms with van der Waals surface area (Å²) in [5.74, 6) is 0.0298. The summed E-state index contributed by atoms with van der Waals surface area (Å²) in [5, 5.41) is 8.42. The summed E-state index contributed by atoms with van der Waals surface area (Å²) in [4.78, 5) is 14.2. The van der Waals surface area contributed by atoms with E-state index >= 15 is 0 Å². The van der Waals surface area contributed by atoms with Crippen molar-refractivity contribution in [3.8, 4) is 6.07 Å². The van der Waals surface area contributed by atoms with Gasteiger partial charge in [-0.25, -0.2) is 0 Å². The van der Waals surface area contributed by atoms with Crippen molar-refractivity contribution in [1.29, 1.82) is 5.26 Å². The van der Waals surface area contributed by atoms with E-state index < -0.39 is 0 Å². The van der Waals surface area contributed by atoms with Crippen LogP contribution in [0.5, 0.6) is 0 Å². The van der Waals surface area contributed by atoms with Crippen molar-refractivity contribution in [3.63, 3.8) is 0 Å². The molecule has 1 rings (SSSR count). The number of rotatable bonds is 4. The summed E-state index contributed by atoms with van der Waals surface area (Å²) in [6, 6.07) is 9.52. The molecule has 1 amide bonds. The molecule has 0 aromatic heterocycles. The first-order chi connectivity index (χ1) is 7.63. The van der Waals surface area contributed by atoms with E-state index in [1.54, 1.807) is 11.9 Å². The number of carbonyl (C=O) groups is 1. The van der Waals surface area contributed by atoms with E-state index in [2.05, 4.69) is 12.6 Å². The lowest BCUT2D eigenvalue weighted by atomic mass is 10.1. The first kappa shape index (κ1) is 12.6. The highest BCUT2D eigenvalue weighted by Crippen LogP contribution is 2.09. The Kier molecular flexibility index (Phi) is 4.87. The van der Waals surface area contributed by atoms with Gasteiger partial charge in [-0.15, -0.1) is 12.6 Å². The van der Waals surface area contributed by atoms with Crippen molar-refractivity contribution in [2.75, 3.05) is 13.6 Å². The quantitative estimate of drug-likeness (QED) is 0.808. The Morgan fingerprint density at radius 2 is 2.06 bits per heavy atom. The van der Waals surface area contributed by atoms with Gasteiger partial charge in [0.05, 0.1) is 18.9 Å². The third-order valence-corrected chi connectivity index (χ3v) is 2.57. The minimum absolute atomic E-state index is 0.0298. The molecule has 0 saturated heterocycles. The molecule has 4 heteroatoms. The zero-order chi connectivity index (χ0) is 12.0. The molecule has 0 aliphatic carbocycles. The number of hydrogen-bond acceptors (Lipinski definition) is 3. The Balaban J connectivity index is 2.51. The lowest BCUT2D eigenvalue weighted by molar-refractivity contribution is -0.129. The molecule has 0 spiro atoms. The summed E-state index contributed by atoms with van der Waals surface area (Å²) in [6.45, 7) is 0.486. The zero-order valence-corrected chi connectivity index (χ0v) is 10.1. The third kappa shape index (κ3) is 3.95. The highest BCUT2D eigenvalue weighted by molar-refractivity contribution is 7.80. The van der Waals surface area contributed by atoms with E-state index in [4.69, 9.17) is 5.26 Å². The van der Waals surface area contributed by atoms with Crippen LogP contribution in [0.3, 0.4) is 0 Å². The van der Waals surface area contributed by atoms with E-state index in [1.807, 2.05) is 30.3 Å². The normalized spacial score (nSPS) is 9.56. The van der Waals surface area contributed by atoms with Gasteiger partial charge >= 0.3 is 0 Å². The molecular formula is C12H14N2OS. The number of likely N-dealkylation sites (N-methyl/N-ethyl adjacent to an activating group) is 1. The molecular weight excluding hydrogens is 220 g/mol. The fourth-order valence-corrected chi connectivity index (χ4v) is 1.41. The second-order valence-electron chi connectivity index (χ2n) is 3.57. The van der Waals surface area contributed by atoms with Gasteiger partial charge in [0.2, 0.25) is 5.91 Å². The SMILES string of the molecule is CN(CCC#N)C(=O)Cc1ccc(S)cc1. The van der Waals surface area contributed by atoms with E-state index in [0.29, 0.717) is 19.4 Å². The molecule has 0 N–H and O–H groups in total. The average molecular weight is 234 g/mol. The molecule has 0 bridgehead atoms. The second-order valence-corrected chi connectivity index (χ2v) is 4.08. The van der Waals surface area contributed by atoms with E-state index in [-0.39, 0.29) is 5.91 Å². The van der Waals surface area contributed by atoms with Gasteiger partial charge in [0, 0.05) is 18.5 Å². The van der Waals surface area contributed by atoms with Crippen molar-refractivity contribution in [2.45, 2.75) is 17.7 Å². The topological polar surface area (TPSA) is 44.1 Å². The molecule has 0 saturated carbocycles. The van der Waals surface area contributed by atoms with Crippen molar-refractivity contribution in [1.82, 2.24) is 4.90 Å². The van der Waals surface area contributed by atoms with Crippen LogP contribution < -0.4 is 0 Å². The van der Waals surface area contributed by atoms with E-state index in [9.17, 15) is 4.79 Å². The Hall–Kier alpha value is -1.47. The van der Waals surface area contributed by atoms with Crippen LogP contribution in [0.25, 0.3) is 0 Å². The molecule has 0 unspecified atom stereocenters. The Morgan fingerprint density at radius 1 is 1.44 bits per heavy atom. The molecule has 0 aliphatic heterocycles. The maximum absolute atomic E-state index is 11.7. The average Bonchev–Trinajstić information content (AvgIpc) is 2.29. The minimum atomic E-state index is 0.0298. The summed E-state index contributed by atoms with van der Waals surface area (Å²) in [6.07, 6.45) is 0.744. The molecule has 16 heavy (non-hydrogen) atoms. The van der Waals surface area contributed by atoms with Crippen LogP contribution >= 0.6 is 12.6 Å². The molecule has 0 radical (unpaired) electrons. The maximum atomic E-state index is 11.7. The van der Waals surface area contributed by atoms with Gasteiger partial charge in [0.15, 0.2) is 0 Å². The summed E-state index contributed by atoms with van der Waals surface area (Å²) in [7, 11) is 1.71. The number of hydrogen-bond donors (Lipinski definition) is 1. The van der Waals surface area contributed by atoms with Gasteiger partial charge in [-0.05, 0) is 17.7 Å². The van der Waals surface area contributed by atoms with Crippen molar-refractivity contribution in [2.24, 2.45) is 0 Å². The summed E-state index contributed by atoms with van der Waals surface area (Å²) < 4.78 is 0. The largest absolute Gasteiger partial charge is 0.344 e. The second kappa shape index (κ2) is 6.19. The number of thiol groups is 1. The number of carbonyl (C=O) groups excluding carboxylic acids is 1. The number of nitrogens with zero attached hydrogens (tertiary/aromatic N) is 2. The standard InChI is InChI=1S/C12H14N2OS/c1-14(8-2-7-13)12(15)9-10-3-5-11(16)6-4-10/h3-6,16H,2,8-9H2,1H3. The predicted molar refractivity (Wildman–Crippen MR) is 65.3 cm³/mol. The highest BCUT2D eigenvalue weighted by atomic mass is 32.1. The molecule has 84 valence electrons. The Morgan fingerprint density at radius 3 is 2.62 bits per heavy atom. The first-order valence-corrected chi connectivity index (χ1v) is 5.47. The van der Waals surface area contributed by atoms with Crippen LogP contribution in [0.15, 0.2) is 29.2 Å². The van der Waals surface area contributed by atoms with Gasteiger partial charge in [-0.1, -0.05) is 12.1 Å². The minimum Gasteiger partial charge on any atom is -0.344 e. The monoisotopic (exact) mass is 234 g/mol. The Bertz CT molecular complexity index is 394. The number of benzene rings is 1. The molecule has 0 aliphatic rings. The molecule has 0 atom stereocenters. The lowest BCUT2D eigenvalue weighted by Crippen LogP contribution is -2.28. The van der Waals surface area contributed by atoms with E-state index in [1.165, 1.54) is 0 Å². The summed E-state index contributed by atoms with van der Waals surface area (Å²) >= 11 is 4.18. The lowest BCUT2D eigenvalue weighted by Gasteiger charge is -2.15. The third-order valence-electron chi connectivity index (χ3n) is 2.28. The van der Waals surface area contributed by atoms with Crippen molar-refractivity contribution < 1.29 is 4.79 Å². The van der Waals surface area contributed by atoms with Gasteiger partial charge < -0.3 is 4.90 Å². The zero-order valence-electron chi connectivity index (χ0n) is 9.18. The van der Waals surface area contributed by atoms with Crippen molar-refractivity contribution in [3.05, 3.63) is 29.8 Å². The molecule has 1 aromatic carbocycles. The first-order valence-electron chi connectivity index (χ1n) is 5.02. The van der Waals surface area contributed by atoms with Crippen LogP contribution in [0.4, 0.5) is 0 Å². The van der Waals surface area contributed by atoms with Gasteiger partial charge in [-0.2, -0.15) is 5.26 Å². The van der Waals surface area contributed by atoms with Crippen LogP contribution in [0.2, 0.25) is 0 Å². The van der Waals surface area contributed by atoms with Crippen LogP contribution in [-0.4, -0.2) is 24.4 Å². The maximum Gasteiger partial charge on any atom is 0.226 e. The smallest absolute Gasteiger partial charge is 0.226 e. The molecule has 1 aromatic rings. The van der Waals surface area contributed by atoms with Crippen LogP contribution in [0, 0.1) is 11.3 Å². The Labute approximate surface area is 101 Å². The summed E-state index contributed by atoms with van der Waals surface area (Å²) in [5.41, 5.74) is 0.964. The van der Waals surface area contributed by atoms with Gasteiger partial charge in [-0.3, -0.25) is 4.79 Å². The van der Waals surface area contributed by atoms with Gasteiger partial charge in [0.25, 0.3) is 0 Å². The number of amides is 1.